The normalized spacial score (nSPS) is 43.5. The third-order valence-corrected chi connectivity index (χ3v) is 3.21. The van der Waals surface area contributed by atoms with Crippen LogP contribution in [0.15, 0.2) is 0 Å². The van der Waals surface area contributed by atoms with Gasteiger partial charge in [0.15, 0.2) is 0 Å². The molecule has 0 aromatic heterocycles. The van der Waals surface area contributed by atoms with Crippen LogP contribution in [0.4, 0.5) is 0 Å². The summed E-state index contributed by atoms with van der Waals surface area (Å²) < 4.78 is 0. The molecule has 1 fully saturated rings. The predicted molar refractivity (Wildman–Crippen MR) is 50.7 cm³/mol. The number of hydrogen-bond donors (Lipinski definition) is 2. The van der Waals surface area contributed by atoms with E-state index in [4.69, 9.17) is 5.73 Å². The molecule has 0 saturated heterocycles. The molecule has 0 bridgehead atoms. The third-order valence-electron chi connectivity index (χ3n) is 3.21. The molecule has 0 aromatic carbocycles. The highest BCUT2D eigenvalue weighted by Gasteiger charge is 2.33. The molecule has 0 amide bonds. The van der Waals surface area contributed by atoms with E-state index in [9.17, 15) is 5.11 Å². The minimum atomic E-state index is -0.278. The highest BCUT2D eigenvalue weighted by atomic mass is 16.3. The van der Waals surface area contributed by atoms with Crippen LogP contribution in [0.3, 0.4) is 0 Å². The Morgan fingerprint density at radius 1 is 1.33 bits per heavy atom. The molecule has 0 heterocycles. The van der Waals surface area contributed by atoms with Gasteiger partial charge in [0.05, 0.1) is 6.10 Å². The second-order valence-electron chi connectivity index (χ2n) is 4.61. The first-order chi connectivity index (χ1) is 5.52. The fourth-order valence-corrected chi connectivity index (χ4v) is 2.17. The van der Waals surface area contributed by atoms with Crippen LogP contribution >= 0.6 is 0 Å². The van der Waals surface area contributed by atoms with Crippen LogP contribution in [0.2, 0.25) is 0 Å². The van der Waals surface area contributed by atoms with Crippen LogP contribution < -0.4 is 5.73 Å². The van der Waals surface area contributed by atoms with Crippen molar-refractivity contribution in [1.82, 2.24) is 0 Å². The van der Waals surface area contributed by atoms with Gasteiger partial charge in [-0.2, -0.15) is 0 Å². The summed E-state index contributed by atoms with van der Waals surface area (Å²) in [6.45, 7) is 6.57. The molecule has 72 valence electrons. The molecule has 2 heteroatoms. The van der Waals surface area contributed by atoms with Crippen LogP contribution in [0.1, 0.15) is 33.6 Å². The van der Waals surface area contributed by atoms with E-state index in [0.29, 0.717) is 17.8 Å². The van der Waals surface area contributed by atoms with E-state index in [-0.39, 0.29) is 12.1 Å². The maximum Gasteiger partial charge on any atom is 0.0716 e. The van der Waals surface area contributed by atoms with Crippen LogP contribution in [0.25, 0.3) is 0 Å². The van der Waals surface area contributed by atoms with Crippen molar-refractivity contribution in [3.8, 4) is 0 Å². The van der Waals surface area contributed by atoms with Gasteiger partial charge >= 0.3 is 0 Å². The quantitative estimate of drug-likeness (QED) is 0.626. The standard InChI is InChI=1S/C10H21NO/c1-6(2)8-4-7(3)10(12)9(11)5-8/h6-10,12H,4-5,11H2,1-3H3/t7?,8-,9-,10+/m1/s1. The van der Waals surface area contributed by atoms with Gasteiger partial charge in [-0.25, -0.2) is 0 Å². The largest absolute Gasteiger partial charge is 0.391 e. The molecule has 1 rings (SSSR count). The summed E-state index contributed by atoms with van der Waals surface area (Å²) in [6.07, 6.45) is 1.84. The van der Waals surface area contributed by atoms with E-state index < -0.39 is 0 Å². The first-order valence-corrected chi connectivity index (χ1v) is 4.96. The van der Waals surface area contributed by atoms with Crippen LogP contribution in [0.5, 0.6) is 0 Å². The Hall–Kier alpha value is -0.0800. The second-order valence-corrected chi connectivity index (χ2v) is 4.61. The molecule has 4 atom stereocenters. The molecule has 2 nitrogen and oxygen atoms in total. The maximum absolute atomic E-state index is 9.62. The first-order valence-electron chi connectivity index (χ1n) is 4.96. The van der Waals surface area contributed by atoms with Crippen molar-refractivity contribution in [1.29, 1.82) is 0 Å². The average molecular weight is 171 g/mol. The maximum atomic E-state index is 9.62. The highest BCUT2D eigenvalue weighted by molar-refractivity contribution is 4.87. The van der Waals surface area contributed by atoms with Crippen molar-refractivity contribution in [3.63, 3.8) is 0 Å². The minimum absolute atomic E-state index is 0.00106. The lowest BCUT2D eigenvalue weighted by atomic mass is 9.73. The van der Waals surface area contributed by atoms with Gasteiger partial charge in [-0.3, -0.25) is 0 Å². The van der Waals surface area contributed by atoms with E-state index >= 15 is 0 Å². The molecule has 0 spiro atoms. The van der Waals surface area contributed by atoms with Crippen LogP contribution in [0, 0.1) is 17.8 Å². The number of aliphatic hydroxyl groups is 1. The van der Waals surface area contributed by atoms with Crippen molar-refractivity contribution in [2.75, 3.05) is 0 Å². The monoisotopic (exact) mass is 171 g/mol. The predicted octanol–water partition coefficient (Wildman–Crippen LogP) is 1.38. The zero-order chi connectivity index (χ0) is 9.30. The molecule has 3 N–H and O–H groups in total. The Bertz CT molecular complexity index is 135. The molecule has 1 aliphatic carbocycles. The van der Waals surface area contributed by atoms with Gasteiger partial charge in [-0.1, -0.05) is 20.8 Å². The van der Waals surface area contributed by atoms with Gasteiger partial charge in [0.25, 0.3) is 0 Å². The SMILES string of the molecule is CC(C)[C@@H]1CC(C)[C@H](O)[C@H](N)C1. The summed E-state index contributed by atoms with van der Waals surface area (Å²) in [6, 6.07) is 0.00106. The van der Waals surface area contributed by atoms with Crippen molar-refractivity contribution in [2.24, 2.45) is 23.5 Å². The Labute approximate surface area is 75.2 Å². The van der Waals surface area contributed by atoms with E-state index in [2.05, 4.69) is 20.8 Å². The summed E-state index contributed by atoms with van der Waals surface area (Å²) in [5.41, 5.74) is 5.85. The van der Waals surface area contributed by atoms with Crippen molar-refractivity contribution >= 4 is 0 Å². The fraction of sp³-hybridized carbons (Fsp3) is 1.00. The van der Waals surface area contributed by atoms with Crippen molar-refractivity contribution in [3.05, 3.63) is 0 Å². The molecular weight excluding hydrogens is 150 g/mol. The molecule has 1 unspecified atom stereocenters. The van der Waals surface area contributed by atoms with Gasteiger partial charge in [0.2, 0.25) is 0 Å². The first kappa shape index (κ1) is 10.0. The smallest absolute Gasteiger partial charge is 0.0716 e. The van der Waals surface area contributed by atoms with E-state index in [0.717, 1.165) is 12.8 Å². The lowest BCUT2D eigenvalue weighted by Crippen LogP contribution is -2.46. The minimum Gasteiger partial charge on any atom is -0.391 e. The van der Waals surface area contributed by atoms with E-state index in [1.165, 1.54) is 0 Å². The highest BCUT2D eigenvalue weighted by Crippen LogP contribution is 2.32. The Kier molecular flexibility index (Phi) is 3.13. The summed E-state index contributed by atoms with van der Waals surface area (Å²) in [5.74, 6) is 1.78. The molecular formula is C10H21NO. The molecule has 0 aliphatic heterocycles. The molecule has 12 heavy (non-hydrogen) atoms. The summed E-state index contributed by atoms with van der Waals surface area (Å²) in [5, 5.41) is 9.62. The Morgan fingerprint density at radius 2 is 1.92 bits per heavy atom. The van der Waals surface area contributed by atoms with Gasteiger partial charge in [-0.15, -0.1) is 0 Å². The number of nitrogens with two attached hydrogens (primary N) is 1. The summed E-state index contributed by atoms with van der Waals surface area (Å²) in [7, 11) is 0. The third kappa shape index (κ3) is 1.99. The lowest BCUT2D eigenvalue weighted by Gasteiger charge is -2.37. The van der Waals surface area contributed by atoms with E-state index in [1.807, 2.05) is 0 Å². The lowest BCUT2D eigenvalue weighted by molar-refractivity contribution is 0.0281. The number of rotatable bonds is 1. The molecule has 1 saturated carbocycles. The molecule has 0 radical (unpaired) electrons. The van der Waals surface area contributed by atoms with Crippen LogP contribution in [-0.4, -0.2) is 17.3 Å². The Balaban J connectivity index is 2.53. The Morgan fingerprint density at radius 3 is 2.33 bits per heavy atom. The number of aliphatic hydroxyl groups excluding tert-OH is 1. The second kappa shape index (κ2) is 3.75. The fourth-order valence-electron chi connectivity index (χ4n) is 2.17. The average Bonchev–Trinajstić information content (AvgIpc) is 1.99. The zero-order valence-corrected chi connectivity index (χ0v) is 8.33. The summed E-state index contributed by atoms with van der Waals surface area (Å²) in [4.78, 5) is 0. The van der Waals surface area contributed by atoms with Gasteiger partial charge < -0.3 is 10.8 Å². The topological polar surface area (TPSA) is 46.2 Å². The van der Waals surface area contributed by atoms with Gasteiger partial charge in [-0.05, 0) is 30.6 Å². The van der Waals surface area contributed by atoms with Crippen molar-refractivity contribution in [2.45, 2.75) is 45.8 Å². The van der Waals surface area contributed by atoms with Crippen LogP contribution in [-0.2, 0) is 0 Å². The summed E-state index contributed by atoms with van der Waals surface area (Å²) >= 11 is 0. The van der Waals surface area contributed by atoms with Gasteiger partial charge in [0, 0.05) is 6.04 Å². The number of hydrogen-bond acceptors (Lipinski definition) is 2. The van der Waals surface area contributed by atoms with E-state index in [1.54, 1.807) is 0 Å². The van der Waals surface area contributed by atoms with Gasteiger partial charge in [0.1, 0.15) is 0 Å². The zero-order valence-electron chi connectivity index (χ0n) is 8.33. The molecule has 0 aromatic rings. The van der Waals surface area contributed by atoms with Crippen molar-refractivity contribution < 1.29 is 5.11 Å². The molecule has 1 aliphatic rings.